The molecule has 0 amide bonds. The van der Waals surface area contributed by atoms with Gasteiger partial charge in [-0.15, -0.1) is 5.57 Å². The molecule has 0 bridgehead atoms. The van der Waals surface area contributed by atoms with Crippen LogP contribution in [0.15, 0.2) is 27.5 Å². The van der Waals surface area contributed by atoms with E-state index < -0.39 is 0 Å². The Morgan fingerprint density at radius 2 is 1.87 bits per heavy atom. The minimum absolute atomic E-state index is 0. The monoisotopic (exact) mass is 422 g/mol. The van der Waals surface area contributed by atoms with Crippen molar-refractivity contribution >= 4 is 23.9 Å². The maximum Gasteiger partial charge on any atom is 4.00 e. The summed E-state index contributed by atoms with van der Waals surface area (Å²) in [6.45, 7) is 4.46. The van der Waals surface area contributed by atoms with Gasteiger partial charge < -0.3 is 37.2 Å². The summed E-state index contributed by atoms with van der Waals surface area (Å²) in [6.07, 6.45) is 7.95. The molecule has 0 N–H and O–H groups in total. The summed E-state index contributed by atoms with van der Waals surface area (Å²) in [5, 5.41) is 0. The van der Waals surface area contributed by atoms with Crippen LogP contribution in [0.4, 0.5) is 0 Å². The van der Waals surface area contributed by atoms with Gasteiger partial charge in [-0.2, -0.15) is 0 Å². The maximum atomic E-state index is 3.54. The molecular formula is C9H9BrCl3PZr. The van der Waals surface area contributed by atoms with Crippen LogP contribution in [-0.2, 0) is 26.2 Å². The predicted molar refractivity (Wildman–Crippen MR) is 54.2 cm³/mol. The smallest absolute Gasteiger partial charge is 1.00 e. The van der Waals surface area contributed by atoms with Gasteiger partial charge in [0.15, 0.2) is 0 Å². The van der Waals surface area contributed by atoms with Crippen molar-refractivity contribution in [3.05, 3.63) is 33.6 Å². The second-order valence-electron chi connectivity index (χ2n) is 2.98. The van der Waals surface area contributed by atoms with E-state index in [1.54, 1.807) is 0 Å². The van der Waals surface area contributed by atoms with Crippen molar-refractivity contribution < 1.29 is 63.4 Å². The number of hydrogen-bond acceptors (Lipinski definition) is 0. The normalized spacial score (nSPS) is 25.4. The van der Waals surface area contributed by atoms with Crippen molar-refractivity contribution in [2.24, 2.45) is 0 Å². The van der Waals surface area contributed by atoms with Crippen LogP contribution in [0.25, 0.3) is 0 Å². The molecule has 0 radical (unpaired) electrons. The molecule has 0 saturated carbocycles. The summed E-state index contributed by atoms with van der Waals surface area (Å²) in [5.74, 6) is 0. The van der Waals surface area contributed by atoms with Crippen LogP contribution in [0.3, 0.4) is 0 Å². The molecule has 0 fully saturated rings. The van der Waals surface area contributed by atoms with Crippen molar-refractivity contribution in [1.29, 1.82) is 0 Å². The first kappa shape index (κ1) is 22.1. The first-order valence-electron chi connectivity index (χ1n) is 3.61. The standard InChI is InChI=1S/C9H9BrP.3ClH.Zr/c1-6-3-7-5-9(10)11(2)8(7)4-6;;;;/h3-4,8H,1-2H3;3*1H;/q-1;;;;+4/p-3. The third kappa shape index (κ3) is 4.57. The second-order valence-corrected chi connectivity index (χ2v) is 6.61. The van der Waals surface area contributed by atoms with Crippen molar-refractivity contribution in [2.45, 2.75) is 12.6 Å². The van der Waals surface area contributed by atoms with Crippen molar-refractivity contribution in [3.8, 4) is 0 Å². The fourth-order valence-electron chi connectivity index (χ4n) is 1.48. The molecule has 15 heavy (non-hydrogen) atoms. The molecule has 1 heterocycles. The van der Waals surface area contributed by atoms with Crippen LogP contribution in [0.5, 0.6) is 0 Å². The van der Waals surface area contributed by atoms with Gasteiger partial charge >= 0.3 is 26.2 Å². The van der Waals surface area contributed by atoms with E-state index in [1.807, 2.05) is 0 Å². The van der Waals surface area contributed by atoms with E-state index in [0.29, 0.717) is 5.66 Å². The fraction of sp³-hybridized carbons (Fsp3) is 0.333. The van der Waals surface area contributed by atoms with E-state index >= 15 is 0 Å². The predicted octanol–water partition coefficient (Wildman–Crippen LogP) is -5.58. The van der Waals surface area contributed by atoms with E-state index in [2.05, 4.69) is 47.7 Å². The molecule has 1 aliphatic heterocycles. The Kier molecular flexibility index (Phi) is 13.1. The minimum Gasteiger partial charge on any atom is -1.00 e. The molecule has 82 valence electrons. The summed E-state index contributed by atoms with van der Waals surface area (Å²) in [4.78, 5) is 0. The van der Waals surface area contributed by atoms with Crippen LogP contribution in [0.1, 0.15) is 6.92 Å². The molecule has 2 atom stereocenters. The quantitative estimate of drug-likeness (QED) is 0.268. The zero-order chi connectivity index (χ0) is 8.01. The van der Waals surface area contributed by atoms with E-state index in [4.69, 9.17) is 0 Å². The Morgan fingerprint density at radius 3 is 2.33 bits per heavy atom. The van der Waals surface area contributed by atoms with Crippen LogP contribution in [0.2, 0.25) is 0 Å². The number of halogens is 4. The SMILES string of the molecule is CC1=CC2C(=C1)[C-]=C(Br)P2C.[Cl-].[Cl-].[Cl-].[Zr+4]. The van der Waals surface area contributed by atoms with E-state index in [1.165, 1.54) is 15.4 Å². The van der Waals surface area contributed by atoms with Crippen molar-refractivity contribution in [1.82, 2.24) is 0 Å². The van der Waals surface area contributed by atoms with Gasteiger partial charge in [0.1, 0.15) is 0 Å². The Hall–Kier alpha value is 1.88. The number of rotatable bonds is 0. The second kappa shape index (κ2) is 8.90. The number of allylic oxidation sites excluding steroid dienone is 5. The first-order chi connectivity index (χ1) is 5.18. The average molecular weight is 426 g/mol. The molecule has 0 aromatic carbocycles. The summed E-state index contributed by atoms with van der Waals surface area (Å²) >= 11 is 3.54. The van der Waals surface area contributed by atoms with E-state index in [-0.39, 0.29) is 71.3 Å². The van der Waals surface area contributed by atoms with Gasteiger partial charge in [0.2, 0.25) is 0 Å². The molecule has 0 aromatic rings. The maximum absolute atomic E-state index is 3.54. The van der Waals surface area contributed by atoms with Gasteiger partial charge in [-0.05, 0) is 12.3 Å². The van der Waals surface area contributed by atoms with Gasteiger partial charge in [0.05, 0.1) is 0 Å². The summed E-state index contributed by atoms with van der Waals surface area (Å²) in [7, 11) is -0.0157. The van der Waals surface area contributed by atoms with Gasteiger partial charge in [-0.25, -0.2) is 17.7 Å². The Balaban J connectivity index is -0.000000360. The molecule has 0 spiro atoms. The summed E-state index contributed by atoms with van der Waals surface area (Å²) in [5.41, 5.74) is 3.44. The molecular weight excluding hydrogens is 417 g/mol. The third-order valence-electron chi connectivity index (χ3n) is 2.10. The van der Waals surface area contributed by atoms with E-state index in [0.717, 1.165) is 0 Å². The van der Waals surface area contributed by atoms with Gasteiger partial charge in [0.25, 0.3) is 0 Å². The van der Waals surface area contributed by atoms with Crippen LogP contribution >= 0.6 is 23.9 Å². The summed E-state index contributed by atoms with van der Waals surface area (Å²) in [6, 6.07) is 0. The van der Waals surface area contributed by atoms with Crippen molar-refractivity contribution in [3.63, 3.8) is 0 Å². The van der Waals surface area contributed by atoms with Crippen LogP contribution < -0.4 is 37.2 Å². The fourth-order valence-corrected chi connectivity index (χ4v) is 3.93. The zero-order valence-corrected chi connectivity index (χ0v) is 15.4. The molecule has 2 rings (SSSR count). The van der Waals surface area contributed by atoms with Gasteiger partial charge in [-0.1, -0.05) is 41.1 Å². The zero-order valence-electron chi connectivity index (χ0n) is 8.19. The molecule has 0 nitrogen and oxygen atoms in total. The number of fused-ring (bicyclic) bond motifs is 1. The Morgan fingerprint density at radius 1 is 1.33 bits per heavy atom. The first-order valence-corrected chi connectivity index (χ1v) is 6.26. The summed E-state index contributed by atoms with van der Waals surface area (Å²) < 4.78 is 1.28. The van der Waals surface area contributed by atoms with Gasteiger partial charge in [0, 0.05) is 0 Å². The molecule has 6 heteroatoms. The van der Waals surface area contributed by atoms with Gasteiger partial charge in [-0.3, -0.25) is 0 Å². The Bertz CT molecular complexity index is 302. The number of hydrogen-bond donors (Lipinski definition) is 0. The largest absolute Gasteiger partial charge is 4.00 e. The topological polar surface area (TPSA) is 0 Å². The third-order valence-corrected chi connectivity index (χ3v) is 5.97. The average Bonchev–Trinajstić information content (AvgIpc) is 2.37. The molecule has 1 aliphatic carbocycles. The molecule has 2 unspecified atom stereocenters. The minimum atomic E-state index is -0.0157. The molecule has 2 aliphatic rings. The van der Waals surface area contributed by atoms with Crippen molar-refractivity contribution in [2.75, 3.05) is 6.66 Å². The van der Waals surface area contributed by atoms with Crippen LogP contribution in [0, 0.1) is 6.08 Å². The Labute approximate surface area is 139 Å². The molecule has 0 saturated heterocycles. The molecule has 0 aromatic heterocycles. The van der Waals surface area contributed by atoms with E-state index in [9.17, 15) is 0 Å². The van der Waals surface area contributed by atoms with Crippen LogP contribution in [-0.4, -0.2) is 12.3 Å².